The maximum Gasteiger partial charge on any atom is 0.273 e. The summed E-state index contributed by atoms with van der Waals surface area (Å²) in [5, 5.41) is 20.9. The van der Waals surface area contributed by atoms with Gasteiger partial charge in [-0.1, -0.05) is 6.92 Å². The van der Waals surface area contributed by atoms with Gasteiger partial charge in [-0.15, -0.1) is 11.3 Å². The second-order valence-electron chi connectivity index (χ2n) is 5.83. The van der Waals surface area contributed by atoms with Crippen LogP contribution in [0.3, 0.4) is 0 Å². The number of aromatic nitrogens is 1. The lowest BCUT2D eigenvalue weighted by atomic mass is 9.92. The molecular formula is C16H19FN2O3S. The van der Waals surface area contributed by atoms with Crippen LogP contribution in [0.2, 0.25) is 0 Å². The summed E-state index contributed by atoms with van der Waals surface area (Å²) in [6, 6.07) is 5.91. The number of hydrogen-bond acceptors (Lipinski definition) is 5. The van der Waals surface area contributed by atoms with E-state index in [1.807, 2.05) is 0 Å². The number of benzene rings is 1. The Hall–Kier alpha value is -1.83. The highest BCUT2D eigenvalue weighted by Gasteiger charge is 2.27. The van der Waals surface area contributed by atoms with Crippen molar-refractivity contribution in [1.82, 2.24) is 9.88 Å². The molecule has 0 saturated carbocycles. The smallest absolute Gasteiger partial charge is 0.273 e. The topological polar surface area (TPSA) is 73.7 Å². The lowest BCUT2D eigenvalue weighted by Gasteiger charge is -2.29. The van der Waals surface area contributed by atoms with E-state index in [1.54, 1.807) is 31.5 Å². The molecule has 0 saturated heterocycles. The standard InChI is InChI=1S/C16H19FN2O3S/c1-16(9-20,10-21)8-19(2)15(22)13-7-23-14(18-13)11-3-5-12(17)6-4-11/h3-7,20-21H,8-10H2,1-2H3. The third-order valence-corrected chi connectivity index (χ3v) is 4.43. The monoisotopic (exact) mass is 338 g/mol. The van der Waals surface area contributed by atoms with Crippen molar-refractivity contribution < 1.29 is 19.4 Å². The normalized spacial score (nSPS) is 11.5. The average Bonchev–Trinajstić information content (AvgIpc) is 3.04. The van der Waals surface area contributed by atoms with Gasteiger partial charge in [0.2, 0.25) is 0 Å². The lowest BCUT2D eigenvalue weighted by molar-refractivity contribution is 0.0364. The van der Waals surface area contributed by atoms with Gasteiger partial charge in [-0.2, -0.15) is 0 Å². The number of rotatable bonds is 6. The van der Waals surface area contributed by atoms with Crippen molar-refractivity contribution in [3.05, 3.63) is 41.2 Å². The van der Waals surface area contributed by atoms with Crippen LogP contribution in [-0.4, -0.2) is 52.8 Å². The molecule has 0 radical (unpaired) electrons. The number of nitrogens with zero attached hydrogens (tertiary/aromatic N) is 2. The minimum absolute atomic E-state index is 0.211. The fraction of sp³-hybridized carbons (Fsp3) is 0.375. The van der Waals surface area contributed by atoms with Gasteiger partial charge >= 0.3 is 0 Å². The molecule has 1 aromatic carbocycles. The van der Waals surface area contributed by atoms with Gasteiger partial charge in [0.05, 0.1) is 13.2 Å². The molecule has 7 heteroatoms. The molecular weight excluding hydrogens is 319 g/mol. The molecule has 2 N–H and O–H groups in total. The number of thiazole rings is 1. The predicted octanol–water partition coefficient (Wildman–Crippen LogP) is 2.01. The first kappa shape index (κ1) is 17.5. The SMILES string of the molecule is CN(CC(C)(CO)CO)C(=O)c1csc(-c2ccc(F)cc2)n1. The molecule has 2 aromatic rings. The Bertz CT molecular complexity index is 668. The summed E-state index contributed by atoms with van der Waals surface area (Å²) in [6.07, 6.45) is 0. The molecule has 0 unspecified atom stereocenters. The van der Waals surface area contributed by atoms with Crippen LogP contribution in [-0.2, 0) is 0 Å². The van der Waals surface area contributed by atoms with Crippen LogP contribution in [0.4, 0.5) is 4.39 Å². The van der Waals surface area contributed by atoms with Crippen LogP contribution in [0.1, 0.15) is 17.4 Å². The zero-order valence-corrected chi connectivity index (χ0v) is 13.8. The Labute approximate surface area is 138 Å². The summed E-state index contributed by atoms with van der Waals surface area (Å²) in [6.45, 7) is 1.46. The molecule has 0 bridgehead atoms. The van der Waals surface area contributed by atoms with E-state index in [0.717, 1.165) is 5.56 Å². The molecule has 1 heterocycles. The van der Waals surface area contributed by atoms with Gasteiger partial charge in [0.15, 0.2) is 0 Å². The zero-order valence-electron chi connectivity index (χ0n) is 13.0. The Morgan fingerprint density at radius 2 is 1.91 bits per heavy atom. The van der Waals surface area contributed by atoms with E-state index in [2.05, 4.69) is 4.98 Å². The van der Waals surface area contributed by atoms with Gasteiger partial charge in [-0.3, -0.25) is 4.79 Å². The fourth-order valence-electron chi connectivity index (χ4n) is 2.09. The first-order chi connectivity index (χ1) is 10.9. The van der Waals surface area contributed by atoms with Gasteiger partial charge in [-0.05, 0) is 24.3 Å². The van der Waals surface area contributed by atoms with Crippen molar-refractivity contribution in [1.29, 1.82) is 0 Å². The molecule has 0 aliphatic heterocycles. The van der Waals surface area contributed by atoms with Crippen LogP contribution in [0.25, 0.3) is 10.6 Å². The number of carbonyl (C=O) groups is 1. The summed E-state index contributed by atoms with van der Waals surface area (Å²) in [4.78, 5) is 18.1. The number of carbonyl (C=O) groups excluding carboxylic acids is 1. The van der Waals surface area contributed by atoms with Crippen LogP contribution in [0.15, 0.2) is 29.6 Å². The fourth-order valence-corrected chi connectivity index (χ4v) is 2.89. The van der Waals surface area contributed by atoms with E-state index in [1.165, 1.54) is 28.4 Å². The highest BCUT2D eigenvalue weighted by atomic mass is 32.1. The molecule has 1 aromatic heterocycles. The molecule has 0 atom stereocenters. The van der Waals surface area contributed by atoms with Crippen molar-refractivity contribution in [2.24, 2.45) is 5.41 Å². The summed E-state index contributed by atoms with van der Waals surface area (Å²) in [7, 11) is 1.60. The Morgan fingerprint density at radius 3 is 2.48 bits per heavy atom. The van der Waals surface area contributed by atoms with Crippen LogP contribution < -0.4 is 0 Å². The number of amides is 1. The molecule has 5 nitrogen and oxygen atoms in total. The lowest BCUT2D eigenvalue weighted by Crippen LogP contribution is -2.41. The minimum atomic E-state index is -0.764. The van der Waals surface area contributed by atoms with Crippen molar-refractivity contribution in [2.45, 2.75) is 6.92 Å². The number of halogens is 1. The first-order valence-corrected chi connectivity index (χ1v) is 7.95. The third-order valence-electron chi connectivity index (χ3n) is 3.54. The summed E-state index contributed by atoms with van der Waals surface area (Å²) >= 11 is 1.30. The van der Waals surface area contributed by atoms with E-state index < -0.39 is 5.41 Å². The van der Waals surface area contributed by atoms with E-state index in [-0.39, 0.29) is 37.2 Å². The van der Waals surface area contributed by atoms with Gasteiger partial charge in [0.25, 0.3) is 5.91 Å². The molecule has 0 fully saturated rings. The Morgan fingerprint density at radius 1 is 1.30 bits per heavy atom. The van der Waals surface area contributed by atoms with Crippen molar-refractivity contribution in [2.75, 3.05) is 26.8 Å². The first-order valence-electron chi connectivity index (χ1n) is 7.07. The van der Waals surface area contributed by atoms with Crippen LogP contribution >= 0.6 is 11.3 Å². The number of aliphatic hydroxyl groups excluding tert-OH is 2. The molecule has 0 spiro atoms. The van der Waals surface area contributed by atoms with E-state index >= 15 is 0 Å². The average molecular weight is 338 g/mol. The second-order valence-corrected chi connectivity index (χ2v) is 6.69. The highest BCUT2D eigenvalue weighted by Crippen LogP contribution is 2.25. The van der Waals surface area contributed by atoms with Crippen molar-refractivity contribution >= 4 is 17.2 Å². The van der Waals surface area contributed by atoms with Gasteiger partial charge in [-0.25, -0.2) is 9.37 Å². The summed E-state index contributed by atoms with van der Waals surface area (Å²) in [5.74, 6) is -0.614. The summed E-state index contributed by atoms with van der Waals surface area (Å²) in [5.41, 5.74) is 0.268. The number of aliphatic hydroxyl groups is 2. The minimum Gasteiger partial charge on any atom is -0.396 e. The maximum atomic E-state index is 12.9. The Kier molecular flexibility index (Phi) is 5.46. The van der Waals surface area contributed by atoms with Gasteiger partial charge in [0, 0.05) is 30.0 Å². The largest absolute Gasteiger partial charge is 0.396 e. The van der Waals surface area contributed by atoms with Crippen LogP contribution in [0, 0.1) is 11.2 Å². The maximum absolute atomic E-state index is 12.9. The van der Waals surface area contributed by atoms with Gasteiger partial charge in [0.1, 0.15) is 16.5 Å². The molecule has 0 aliphatic rings. The predicted molar refractivity (Wildman–Crippen MR) is 86.7 cm³/mol. The Balaban J connectivity index is 2.13. The molecule has 1 amide bonds. The third kappa shape index (κ3) is 4.13. The zero-order chi connectivity index (χ0) is 17.0. The molecule has 0 aliphatic carbocycles. The quantitative estimate of drug-likeness (QED) is 0.845. The van der Waals surface area contributed by atoms with Gasteiger partial charge < -0.3 is 15.1 Å². The highest BCUT2D eigenvalue weighted by molar-refractivity contribution is 7.13. The van der Waals surface area contributed by atoms with Crippen molar-refractivity contribution in [3.8, 4) is 10.6 Å². The number of hydrogen-bond donors (Lipinski definition) is 2. The summed E-state index contributed by atoms with van der Waals surface area (Å²) < 4.78 is 12.9. The van der Waals surface area contributed by atoms with E-state index in [4.69, 9.17) is 0 Å². The molecule has 23 heavy (non-hydrogen) atoms. The van der Waals surface area contributed by atoms with Crippen molar-refractivity contribution in [3.63, 3.8) is 0 Å². The molecule has 124 valence electrons. The van der Waals surface area contributed by atoms with E-state index in [0.29, 0.717) is 5.01 Å². The van der Waals surface area contributed by atoms with Crippen LogP contribution in [0.5, 0.6) is 0 Å². The van der Waals surface area contributed by atoms with E-state index in [9.17, 15) is 19.4 Å². The second kappa shape index (κ2) is 7.16. The molecule has 2 rings (SSSR count).